The van der Waals surface area contributed by atoms with Crippen molar-refractivity contribution in [2.24, 2.45) is 0 Å². The molecule has 1 heterocycles. The van der Waals surface area contributed by atoms with Crippen LogP contribution in [0.3, 0.4) is 0 Å². The molecule has 1 fully saturated rings. The maximum atomic E-state index is 12.9. The highest BCUT2D eigenvalue weighted by atomic mass is 79.9. The van der Waals surface area contributed by atoms with Gasteiger partial charge in [0.15, 0.2) is 0 Å². The van der Waals surface area contributed by atoms with Crippen molar-refractivity contribution in [3.05, 3.63) is 63.1 Å². The van der Waals surface area contributed by atoms with E-state index in [9.17, 15) is 14.4 Å². The molecule has 0 aromatic heterocycles. The van der Waals surface area contributed by atoms with Crippen LogP contribution in [0.2, 0.25) is 5.02 Å². The highest BCUT2D eigenvalue weighted by Crippen LogP contribution is 2.33. The third kappa shape index (κ3) is 3.57. The molecule has 0 saturated carbocycles. The Balaban J connectivity index is 1.79. The molecule has 6 nitrogen and oxygen atoms in total. The van der Waals surface area contributed by atoms with E-state index in [4.69, 9.17) is 11.6 Å². The molecule has 0 bridgehead atoms. The molecule has 1 aliphatic rings. The molecule has 1 atom stereocenters. The summed E-state index contributed by atoms with van der Waals surface area (Å²) < 4.78 is 0.696. The van der Waals surface area contributed by atoms with E-state index in [1.54, 1.807) is 50.2 Å². The quantitative estimate of drug-likeness (QED) is 0.695. The predicted molar refractivity (Wildman–Crippen MR) is 107 cm³/mol. The molecule has 1 unspecified atom stereocenters. The van der Waals surface area contributed by atoms with Crippen LogP contribution in [-0.4, -0.2) is 29.3 Å². The van der Waals surface area contributed by atoms with Crippen LogP contribution in [0, 0.1) is 6.92 Å². The molecule has 0 radical (unpaired) electrons. The van der Waals surface area contributed by atoms with Gasteiger partial charge < -0.3 is 10.6 Å². The monoisotopic (exact) mass is 449 g/mol. The van der Waals surface area contributed by atoms with E-state index in [-0.39, 0.29) is 0 Å². The van der Waals surface area contributed by atoms with Gasteiger partial charge in [0.2, 0.25) is 5.91 Å². The summed E-state index contributed by atoms with van der Waals surface area (Å²) in [7, 11) is 0. The lowest BCUT2D eigenvalue weighted by atomic mass is 9.92. The van der Waals surface area contributed by atoms with Gasteiger partial charge in [-0.15, -0.1) is 0 Å². The van der Waals surface area contributed by atoms with Gasteiger partial charge in [-0.25, -0.2) is 4.79 Å². The zero-order chi connectivity index (χ0) is 19.8. The van der Waals surface area contributed by atoms with Crippen LogP contribution in [0.4, 0.5) is 10.5 Å². The van der Waals surface area contributed by atoms with E-state index in [0.717, 1.165) is 4.90 Å². The summed E-state index contributed by atoms with van der Waals surface area (Å²) in [5.41, 5.74) is 0.622. The molecule has 4 amide bonds. The number of urea groups is 1. The van der Waals surface area contributed by atoms with Gasteiger partial charge >= 0.3 is 6.03 Å². The Hall–Kier alpha value is -2.38. The third-order valence-electron chi connectivity index (χ3n) is 4.53. The van der Waals surface area contributed by atoms with Crippen LogP contribution in [-0.2, 0) is 15.1 Å². The van der Waals surface area contributed by atoms with Crippen LogP contribution in [0.25, 0.3) is 0 Å². The lowest BCUT2D eigenvalue weighted by Gasteiger charge is -2.23. The number of nitrogens with zero attached hydrogens (tertiary/aromatic N) is 1. The van der Waals surface area contributed by atoms with Gasteiger partial charge in [-0.3, -0.25) is 14.5 Å². The van der Waals surface area contributed by atoms with Gasteiger partial charge in [0, 0.05) is 20.7 Å². The molecular weight excluding hydrogens is 434 g/mol. The van der Waals surface area contributed by atoms with Gasteiger partial charge in [-0.2, -0.15) is 0 Å². The minimum Gasteiger partial charge on any atom is -0.324 e. The van der Waals surface area contributed by atoms with Crippen LogP contribution in [0.5, 0.6) is 0 Å². The molecule has 1 aliphatic heterocycles. The van der Waals surface area contributed by atoms with Crippen LogP contribution < -0.4 is 10.6 Å². The maximum absolute atomic E-state index is 12.9. The average molecular weight is 451 g/mol. The number of rotatable bonds is 4. The van der Waals surface area contributed by atoms with Crippen molar-refractivity contribution in [3.63, 3.8) is 0 Å². The lowest BCUT2D eigenvalue weighted by Crippen LogP contribution is -2.42. The molecule has 140 valence electrons. The number of carbonyl (C=O) groups excluding carboxylic acids is 3. The first-order valence-corrected chi connectivity index (χ1v) is 9.35. The molecular formula is C19H17BrClN3O3. The van der Waals surface area contributed by atoms with Crippen molar-refractivity contribution < 1.29 is 14.4 Å². The van der Waals surface area contributed by atoms with Crippen LogP contribution in [0.1, 0.15) is 18.1 Å². The number of halogens is 2. The highest BCUT2D eigenvalue weighted by molar-refractivity contribution is 9.10. The zero-order valence-electron chi connectivity index (χ0n) is 14.7. The molecule has 2 N–H and O–H groups in total. The van der Waals surface area contributed by atoms with Gasteiger partial charge in [-0.1, -0.05) is 51.8 Å². The Morgan fingerprint density at radius 2 is 1.93 bits per heavy atom. The van der Waals surface area contributed by atoms with E-state index in [1.807, 2.05) is 6.07 Å². The molecule has 0 spiro atoms. The predicted octanol–water partition coefficient (Wildman–Crippen LogP) is 3.82. The van der Waals surface area contributed by atoms with E-state index in [0.29, 0.717) is 26.3 Å². The normalized spacial score (nSPS) is 19.2. The fourth-order valence-corrected chi connectivity index (χ4v) is 3.82. The zero-order valence-corrected chi connectivity index (χ0v) is 17.0. The summed E-state index contributed by atoms with van der Waals surface area (Å²) >= 11 is 9.45. The van der Waals surface area contributed by atoms with Gasteiger partial charge in [0.1, 0.15) is 12.1 Å². The highest BCUT2D eigenvalue weighted by Gasteiger charge is 2.50. The lowest BCUT2D eigenvalue weighted by molar-refractivity contribution is -0.133. The number of carbonyl (C=O) groups is 3. The van der Waals surface area contributed by atoms with Crippen molar-refractivity contribution in [1.29, 1.82) is 0 Å². The summed E-state index contributed by atoms with van der Waals surface area (Å²) in [6.45, 7) is 3.00. The molecule has 2 aromatic carbocycles. The first kappa shape index (κ1) is 19.4. The van der Waals surface area contributed by atoms with E-state index < -0.39 is 29.9 Å². The topological polar surface area (TPSA) is 78.5 Å². The van der Waals surface area contributed by atoms with E-state index in [2.05, 4.69) is 26.6 Å². The second-order valence-electron chi connectivity index (χ2n) is 6.39. The van der Waals surface area contributed by atoms with Crippen molar-refractivity contribution in [2.75, 3.05) is 11.9 Å². The van der Waals surface area contributed by atoms with Crippen molar-refractivity contribution >= 4 is 51.1 Å². The van der Waals surface area contributed by atoms with E-state index in [1.165, 1.54) is 0 Å². The number of hydrogen-bond donors (Lipinski definition) is 2. The van der Waals surface area contributed by atoms with Crippen molar-refractivity contribution in [3.8, 4) is 0 Å². The largest absolute Gasteiger partial charge is 0.325 e. The average Bonchev–Trinajstić information content (AvgIpc) is 2.83. The van der Waals surface area contributed by atoms with Gasteiger partial charge in [0.05, 0.1) is 0 Å². The maximum Gasteiger partial charge on any atom is 0.325 e. The number of imide groups is 1. The number of benzene rings is 2. The van der Waals surface area contributed by atoms with Crippen LogP contribution >= 0.6 is 27.5 Å². The second kappa shape index (κ2) is 7.32. The SMILES string of the molecule is Cc1c(Cl)cccc1NC(=O)CN1C(=O)NC(C)(c2ccccc2Br)C1=O. The number of hydrogen-bond acceptors (Lipinski definition) is 3. The molecule has 0 aliphatic carbocycles. The fourth-order valence-electron chi connectivity index (χ4n) is 2.97. The smallest absolute Gasteiger partial charge is 0.324 e. The Kier molecular flexibility index (Phi) is 5.26. The standard InChI is InChI=1S/C19H17BrClN3O3/c1-11-14(21)8-5-9-15(11)22-16(25)10-24-17(26)19(2,23-18(24)27)12-6-3-4-7-13(12)20/h3-9H,10H2,1-2H3,(H,22,25)(H,23,27). The molecule has 2 aromatic rings. The Morgan fingerprint density at radius 1 is 1.22 bits per heavy atom. The van der Waals surface area contributed by atoms with Gasteiger partial charge in [0.25, 0.3) is 5.91 Å². The fraction of sp³-hybridized carbons (Fsp3) is 0.211. The summed E-state index contributed by atoms with van der Waals surface area (Å²) in [6.07, 6.45) is 0. The first-order valence-electron chi connectivity index (χ1n) is 8.18. The molecule has 1 saturated heterocycles. The van der Waals surface area contributed by atoms with Crippen molar-refractivity contribution in [2.45, 2.75) is 19.4 Å². The second-order valence-corrected chi connectivity index (χ2v) is 7.65. The molecule has 27 heavy (non-hydrogen) atoms. The minimum atomic E-state index is -1.25. The summed E-state index contributed by atoms with van der Waals surface area (Å²) in [6, 6.07) is 11.7. The summed E-state index contributed by atoms with van der Waals surface area (Å²) in [5, 5.41) is 5.89. The third-order valence-corrected chi connectivity index (χ3v) is 5.63. The Bertz CT molecular complexity index is 950. The minimum absolute atomic E-state index is 0.392. The van der Waals surface area contributed by atoms with E-state index >= 15 is 0 Å². The number of amides is 4. The number of anilines is 1. The Morgan fingerprint density at radius 3 is 2.63 bits per heavy atom. The molecule has 8 heteroatoms. The van der Waals surface area contributed by atoms with Crippen molar-refractivity contribution in [1.82, 2.24) is 10.2 Å². The summed E-state index contributed by atoms with van der Waals surface area (Å²) in [5.74, 6) is -0.974. The van der Waals surface area contributed by atoms with Gasteiger partial charge in [-0.05, 0) is 37.6 Å². The number of nitrogens with one attached hydrogen (secondary N) is 2. The first-order chi connectivity index (χ1) is 12.7. The molecule has 3 rings (SSSR count). The summed E-state index contributed by atoms with van der Waals surface area (Å²) in [4.78, 5) is 38.6. The Labute approximate surface area is 170 Å². The van der Waals surface area contributed by atoms with Crippen LogP contribution in [0.15, 0.2) is 46.9 Å².